The highest BCUT2D eigenvalue weighted by atomic mass is 35.5. The van der Waals surface area contributed by atoms with Crippen molar-refractivity contribution in [1.29, 1.82) is 5.26 Å². The summed E-state index contributed by atoms with van der Waals surface area (Å²) in [5.41, 5.74) is -0.483. The fraction of sp³-hybridized carbons (Fsp3) is 0.889. The van der Waals surface area contributed by atoms with Gasteiger partial charge >= 0.3 is 0 Å². The summed E-state index contributed by atoms with van der Waals surface area (Å²) in [5.74, 6) is 0. The minimum absolute atomic E-state index is 0.283. The molecule has 0 unspecified atom stereocenters. The Kier molecular flexibility index (Phi) is 3.99. The molecule has 1 saturated carbocycles. The second-order valence-corrected chi connectivity index (χ2v) is 6.82. The van der Waals surface area contributed by atoms with Crippen molar-refractivity contribution in [3.05, 3.63) is 0 Å². The first kappa shape index (κ1) is 12.8. The summed E-state index contributed by atoms with van der Waals surface area (Å²) in [5, 5.41) is 8.78. The van der Waals surface area contributed by atoms with E-state index < -0.39 is 15.3 Å². The highest BCUT2D eigenvalue weighted by molar-refractivity contribution is 7.91. The highest BCUT2D eigenvalue weighted by Crippen LogP contribution is 2.37. The number of rotatable bonds is 3. The van der Waals surface area contributed by atoms with Crippen LogP contribution in [0.1, 0.15) is 25.7 Å². The Labute approximate surface area is 95.6 Å². The molecular formula is C9H15ClN2O2S. The molecule has 0 aromatic carbocycles. The number of hydrogen-bond donors (Lipinski definition) is 1. The summed E-state index contributed by atoms with van der Waals surface area (Å²) in [7, 11) is -2.96. The molecule has 1 fully saturated rings. The van der Waals surface area contributed by atoms with Crippen LogP contribution in [0.5, 0.6) is 0 Å². The number of hydrogen-bond acceptors (Lipinski definition) is 4. The third-order valence-corrected chi connectivity index (χ3v) is 4.95. The Morgan fingerprint density at radius 1 is 1.53 bits per heavy atom. The van der Waals surface area contributed by atoms with Crippen molar-refractivity contribution in [1.82, 2.24) is 4.84 Å². The largest absolute Gasteiger partial charge is 0.232 e. The predicted octanol–water partition coefficient (Wildman–Crippen LogP) is 1.23. The van der Waals surface area contributed by atoms with E-state index in [1.807, 2.05) is 0 Å². The van der Waals surface area contributed by atoms with Crippen molar-refractivity contribution in [3.63, 3.8) is 0 Å². The van der Waals surface area contributed by atoms with Gasteiger partial charge in [-0.05, 0) is 37.5 Å². The van der Waals surface area contributed by atoms with E-state index in [2.05, 4.69) is 10.9 Å². The van der Waals surface area contributed by atoms with Gasteiger partial charge in [0.1, 0.15) is 9.84 Å². The number of nitrogens with one attached hydrogen (secondary N) is 1. The van der Waals surface area contributed by atoms with Gasteiger partial charge < -0.3 is 0 Å². The quantitative estimate of drug-likeness (QED) is 0.765. The molecule has 1 rings (SSSR count). The molecule has 6 heteroatoms. The standard InChI is InChI=1S/C9H15ClN2O2S/c1-15(13,14)8-2-4-9(6-11,5-3-8)7-12-10/h8,12H,2-5,7H2,1H3/t8-,9+. The molecule has 0 atom stereocenters. The van der Waals surface area contributed by atoms with Gasteiger partial charge in [-0.2, -0.15) is 5.26 Å². The predicted molar refractivity (Wildman–Crippen MR) is 59.0 cm³/mol. The number of nitrogens with zero attached hydrogens (tertiary/aromatic N) is 1. The van der Waals surface area contributed by atoms with Crippen molar-refractivity contribution < 1.29 is 8.42 Å². The van der Waals surface area contributed by atoms with E-state index >= 15 is 0 Å². The van der Waals surface area contributed by atoms with Gasteiger partial charge in [-0.1, -0.05) is 0 Å². The fourth-order valence-corrected chi connectivity index (χ4v) is 3.38. The monoisotopic (exact) mass is 250 g/mol. The smallest absolute Gasteiger partial charge is 0.150 e. The molecule has 15 heavy (non-hydrogen) atoms. The molecule has 0 amide bonds. The zero-order valence-electron chi connectivity index (χ0n) is 8.66. The molecule has 0 heterocycles. The Balaban J connectivity index is 2.66. The van der Waals surface area contributed by atoms with Crippen LogP contribution in [0.2, 0.25) is 0 Å². The van der Waals surface area contributed by atoms with E-state index in [1.54, 1.807) is 0 Å². The minimum Gasteiger partial charge on any atom is -0.232 e. The summed E-state index contributed by atoms with van der Waals surface area (Å²) < 4.78 is 22.6. The van der Waals surface area contributed by atoms with Crippen LogP contribution in [-0.2, 0) is 9.84 Å². The van der Waals surface area contributed by atoms with Gasteiger partial charge in [0.05, 0.1) is 16.7 Å². The summed E-state index contributed by atoms with van der Waals surface area (Å²) in [6, 6.07) is 2.25. The first-order chi connectivity index (χ1) is 6.93. The van der Waals surface area contributed by atoms with Crippen molar-refractivity contribution in [2.24, 2.45) is 5.41 Å². The van der Waals surface area contributed by atoms with Gasteiger partial charge in [0.25, 0.3) is 0 Å². The molecule has 1 aliphatic carbocycles. The Morgan fingerprint density at radius 2 is 2.07 bits per heavy atom. The maximum Gasteiger partial charge on any atom is 0.150 e. The van der Waals surface area contributed by atoms with Gasteiger partial charge in [-0.3, -0.25) is 0 Å². The third kappa shape index (κ3) is 3.07. The normalized spacial score (nSPS) is 32.2. The second-order valence-electron chi connectivity index (χ2n) is 4.23. The van der Waals surface area contributed by atoms with Gasteiger partial charge in [0.15, 0.2) is 0 Å². The first-order valence-corrected chi connectivity index (χ1v) is 7.20. The van der Waals surface area contributed by atoms with E-state index in [1.165, 1.54) is 6.26 Å². The van der Waals surface area contributed by atoms with E-state index in [0.717, 1.165) is 0 Å². The lowest BCUT2D eigenvalue weighted by molar-refractivity contribution is 0.271. The molecule has 1 aliphatic rings. The highest BCUT2D eigenvalue weighted by Gasteiger charge is 2.38. The lowest BCUT2D eigenvalue weighted by Gasteiger charge is -2.33. The van der Waals surface area contributed by atoms with Crippen LogP contribution in [0.3, 0.4) is 0 Å². The summed E-state index contributed by atoms with van der Waals surface area (Å²) >= 11 is 5.41. The average molecular weight is 251 g/mol. The molecule has 4 nitrogen and oxygen atoms in total. The fourth-order valence-electron chi connectivity index (χ4n) is 2.03. The maximum absolute atomic E-state index is 11.3. The van der Waals surface area contributed by atoms with Crippen LogP contribution in [-0.4, -0.2) is 26.5 Å². The summed E-state index contributed by atoms with van der Waals surface area (Å²) in [6.45, 7) is 0.418. The Bertz CT molecular complexity index is 353. The summed E-state index contributed by atoms with van der Waals surface area (Å²) in [6.07, 6.45) is 3.58. The van der Waals surface area contributed by atoms with E-state index in [0.29, 0.717) is 32.2 Å². The van der Waals surface area contributed by atoms with Crippen LogP contribution in [0.25, 0.3) is 0 Å². The van der Waals surface area contributed by atoms with Gasteiger partial charge in [0.2, 0.25) is 0 Å². The molecule has 0 aliphatic heterocycles. The molecular weight excluding hydrogens is 236 g/mol. The van der Waals surface area contributed by atoms with Gasteiger partial charge in [-0.25, -0.2) is 13.3 Å². The summed E-state index contributed by atoms with van der Waals surface area (Å²) in [4.78, 5) is 2.48. The van der Waals surface area contributed by atoms with Crippen LogP contribution in [0.15, 0.2) is 0 Å². The first-order valence-electron chi connectivity index (χ1n) is 4.87. The number of sulfone groups is 1. The van der Waals surface area contributed by atoms with Crippen molar-refractivity contribution in [2.75, 3.05) is 12.8 Å². The van der Waals surface area contributed by atoms with Crippen molar-refractivity contribution in [3.8, 4) is 6.07 Å². The Hall–Kier alpha value is -0.310. The van der Waals surface area contributed by atoms with E-state index in [-0.39, 0.29) is 5.25 Å². The lowest BCUT2D eigenvalue weighted by Crippen LogP contribution is -2.37. The van der Waals surface area contributed by atoms with Crippen LogP contribution in [0, 0.1) is 16.7 Å². The molecule has 0 spiro atoms. The molecule has 0 bridgehead atoms. The van der Waals surface area contributed by atoms with Crippen LogP contribution < -0.4 is 4.84 Å². The zero-order chi connectivity index (χ0) is 11.5. The maximum atomic E-state index is 11.3. The topological polar surface area (TPSA) is 70.0 Å². The molecule has 0 aromatic heterocycles. The number of nitriles is 1. The van der Waals surface area contributed by atoms with Gasteiger partial charge in [-0.15, -0.1) is 0 Å². The van der Waals surface area contributed by atoms with Crippen LogP contribution >= 0.6 is 11.8 Å². The third-order valence-electron chi connectivity index (χ3n) is 3.14. The number of halogens is 1. The second kappa shape index (κ2) is 4.69. The minimum atomic E-state index is -2.96. The SMILES string of the molecule is CS(=O)(=O)[C@H]1CC[C@@](C#N)(CNCl)CC1. The van der Waals surface area contributed by atoms with E-state index in [4.69, 9.17) is 17.0 Å². The average Bonchev–Trinajstić information content (AvgIpc) is 2.17. The zero-order valence-corrected chi connectivity index (χ0v) is 10.2. The molecule has 0 aromatic rings. The van der Waals surface area contributed by atoms with Crippen molar-refractivity contribution >= 4 is 21.6 Å². The van der Waals surface area contributed by atoms with Crippen LogP contribution in [0.4, 0.5) is 0 Å². The van der Waals surface area contributed by atoms with Crippen molar-refractivity contribution in [2.45, 2.75) is 30.9 Å². The lowest BCUT2D eigenvalue weighted by atomic mass is 9.75. The molecule has 0 saturated heterocycles. The molecule has 1 N–H and O–H groups in total. The van der Waals surface area contributed by atoms with Gasteiger partial charge in [0, 0.05) is 12.8 Å². The Morgan fingerprint density at radius 3 is 2.40 bits per heavy atom. The molecule has 0 radical (unpaired) electrons. The molecule has 86 valence electrons. The van der Waals surface area contributed by atoms with E-state index in [9.17, 15) is 8.42 Å².